The van der Waals surface area contributed by atoms with Crippen LogP contribution in [0.15, 0.2) is 30.3 Å². The van der Waals surface area contributed by atoms with E-state index in [0.717, 1.165) is 12.1 Å². The van der Waals surface area contributed by atoms with Crippen LogP contribution in [0.3, 0.4) is 0 Å². The number of rotatable bonds is 8. The predicted molar refractivity (Wildman–Crippen MR) is 83.8 cm³/mol. The fourth-order valence-electron chi connectivity index (χ4n) is 2.85. The predicted octanol–water partition coefficient (Wildman–Crippen LogP) is 2.57. The maximum Gasteiger partial charge on any atom is 0.0940 e. The van der Waals surface area contributed by atoms with Crippen LogP contribution in [0.1, 0.15) is 44.3 Å². The highest BCUT2D eigenvalue weighted by molar-refractivity contribution is 5.18. The minimum atomic E-state index is -0.421. The summed E-state index contributed by atoms with van der Waals surface area (Å²) < 4.78 is 0. The van der Waals surface area contributed by atoms with Crippen molar-refractivity contribution < 1.29 is 5.11 Å². The number of aliphatic hydroxyl groups excluding tert-OH is 1. The van der Waals surface area contributed by atoms with Crippen molar-refractivity contribution in [1.29, 1.82) is 0 Å². The molecule has 2 N–H and O–H groups in total. The molecule has 1 aliphatic rings. The Bertz CT molecular complexity index is 363. The first-order chi connectivity index (χ1) is 9.77. The zero-order chi connectivity index (χ0) is 14.2. The summed E-state index contributed by atoms with van der Waals surface area (Å²) in [6, 6.07) is 9.99. The number of nitrogens with one attached hydrogen (secondary N) is 1. The average molecular weight is 276 g/mol. The summed E-state index contributed by atoms with van der Waals surface area (Å²) in [5.74, 6) is 0. The Labute approximate surface area is 123 Å². The van der Waals surface area contributed by atoms with Crippen LogP contribution < -0.4 is 5.32 Å². The van der Waals surface area contributed by atoms with Crippen LogP contribution >= 0.6 is 0 Å². The molecule has 0 aromatic heterocycles. The zero-order valence-electron chi connectivity index (χ0n) is 12.6. The monoisotopic (exact) mass is 276 g/mol. The molecule has 0 spiro atoms. The van der Waals surface area contributed by atoms with Gasteiger partial charge < -0.3 is 15.3 Å². The second-order valence-electron chi connectivity index (χ2n) is 5.85. The molecule has 0 amide bonds. The van der Waals surface area contributed by atoms with E-state index in [1.807, 2.05) is 30.3 Å². The molecule has 1 fully saturated rings. The second kappa shape index (κ2) is 8.40. The van der Waals surface area contributed by atoms with Gasteiger partial charge in [-0.2, -0.15) is 0 Å². The number of aliphatic hydroxyl groups is 1. The number of benzene rings is 1. The summed E-state index contributed by atoms with van der Waals surface area (Å²) in [4.78, 5) is 2.56. The molecular weight excluding hydrogens is 248 g/mol. The summed E-state index contributed by atoms with van der Waals surface area (Å²) >= 11 is 0. The van der Waals surface area contributed by atoms with Gasteiger partial charge >= 0.3 is 0 Å². The highest BCUT2D eigenvalue weighted by Crippen LogP contribution is 2.16. The fourth-order valence-corrected chi connectivity index (χ4v) is 2.85. The van der Waals surface area contributed by atoms with E-state index >= 15 is 0 Å². The standard InChI is InChI=1S/C17H28N2O/c1-15(17(20)16-9-3-2-4-10-16)18-11-5-6-12-19-13-7-8-14-19/h2-4,9-10,15,17-18,20H,5-8,11-14H2,1H3. The lowest BCUT2D eigenvalue weighted by molar-refractivity contribution is 0.136. The van der Waals surface area contributed by atoms with Gasteiger partial charge in [0.1, 0.15) is 0 Å². The highest BCUT2D eigenvalue weighted by atomic mass is 16.3. The summed E-state index contributed by atoms with van der Waals surface area (Å²) in [5.41, 5.74) is 0.990. The van der Waals surface area contributed by atoms with Gasteiger partial charge in [0.05, 0.1) is 6.10 Å². The molecule has 1 aromatic rings. The number of hydrogen-bond acceptors (Lipinski definition) is 3. The Morgan fingerprint density at radius 2 is 1.85 bits per heavy atom. The Morgan fingerprint density at radius 1 is 1.15 bits per heavy atom. The maximum atomic E-state index is 10.2. The summed E-state index contributed by atoms with van der Waals surface area (Å²) in [5, 5.41) is 13.7. The van der Waals surface area contributed by atoms with E-state index in [-0.39, 0.29) is 6.04 Å². The molecule has 2 unspecified atom stereocenters. The zero-order valence-corrected chi connectivity index (χ0v) is 12.6. The fraction of sp³-hybridized carbons (Fsp3) is 0.647. The van der Waals surface area contributed by atoms with Crippen LogP contribution in [-0.4, -0.2) is 42.2 Å². The quantitative estimate of drug-likeness (QED) is 0.716. The second-order valence-corrected chi connectivity index (χ2v) is 5.85. The molecule has 112 valence electrons. The first kappa shape index (κ1) is 15.5. The summed E-state index contributed by atoms with van der Waals surface area (Å²) in [6.07, 6.45) is 4.76. The van der Waals surface area contributed by atoms with E-state index in [9.17, 15) is 5.11 Å². The largest absolute Gasteiger partial charge is 0.387 e. The van der Waals surface area contributed by atoms with Gasteiger partial charge in [-0.05, 0) is 64.3 Å². The normalized spacial score (nSPS) is 19.1. The lowest BCUT2D eigenvalue weighted by atomic mass is 10.0. The van der Waals surface area contributed by atoms with Crippen molar-refractivity contribution in [2.45, 2.75) is 44.8 Å². The Kier molecular flexibility index (Phi) is 6.51. The SMILES string of the molecule is CC(NCCCCN1CCCC1)C(O)c1ccccc1. The molecule has 0 radical (unpaired) electrons. The van der Waals surface area contributed by atoms with Crippen LogP contribution in [-0.2, 0) is 0 Å². The molecule has 0 aliphatic carbocycles. The highest BCUT2D eigenvalue weighted by Gasteiger charge is 2.15. The Hall–Kier alpha value is -0.900. The van der Waals surface area contributed by atoms with E-state index in [2.05, 4.69) is 17.1 Å². The van der Waals surface area contributed by atoms with Crippen molar-refractivity contribution >= 4 is 0 Å². The molecule has 2 atom stereocenters. The van der Waals surface area contributed by atoms with Gasteiger partial charge in [0.2, 0.25) is 0 Å². The third kappa shape index (κ3) is 4.89. The lowest BCUT2D eigenvalue weighted by Gasteiger charge is -2.21. The van der Waals surface area contributed by atoms with Crippen molar-refractivity contribution in [2.24, 2.45) is 0 Å². The minimum absolute atomic E-state index is 0.101. The van der Waals surface area contributed by atoms with Crippen LogP contribution in [0, 0.1) is 0 Å². The molecule has 20 heavy (non-hydrogen) atoms. The van der Waals surface area contributed by atoms with Crippen molar-refractivity contribution in [3.05, 3.63) is 35.9 Å². The Balaban J connectivity index is 1.58. The first-order valence-corrected chi connectivity index (χ1v) is 7.96. The van der Waals surface area contributed by atoms with Crippen LogP contribution in [0.25, 0.3) is 0 Å². The van der Waals surface area contributed by atoms with E-state index in [1.165, 1.54) is 45.3 Å². The van der Waals surface area contributed by atoms with Crippen LogP contribution in [0.2, 0.25) is 0 Å². The third-order valence-electron chi connectivity index (χ3n) is 4.18. The molecule has 1 aliphatic heterocycles. The van der Waals surface area contributed by atoms with E-state index < -0.39 is 6.10 Å². The van der Waals surface area contributed by atoms with Gasteiger partial charge in [0.25, 0.3) is 0 Å². The summed E-state index contributed by atoms with van der Waals surface area (Å²) in [6.45, 7) is 6.85. The van der Waals surface area contributed by atoms with E-state index in [1.54, 1.807) is 0 Å². The van der Waals surface area contributed by atoms with Crippen molar-refractivity contribution in [1.82, 2.24) is 10.2 Å². The first-order valence-electron chi connectivity index (χ1n) is 7.96. The molecule has 3 heteroatoms. The smallest absolute Gasteiger partial charge is 0.0940 e. The maximum absolute atomic E-state index is 10.2. The number of hydrogen-bond donors (Lipinski definition) is 2. The summed E-state index contributed by atoms with van der Waals surface area (Å²) in [7, 11) is 0. The van der Waals surface area contributed by atoms with E-state index in [0.29, 0.717) is 0 Å². The van der Waals surface area contributed by atoms with Crippen molar-refractivity contribution in [2.75, 3.05) is 26.2 Å². The van der Waals surface area contributed by atoms with Crippen LogP contribution in [0.4, 0.5) is 0 Å². The molecule has 0 saturated carbocycles. The van der Waals surface area contributed by atoms with Crippen LogP contribution in [0.5, 0.6) is 0 Å². The Morgan fingerprint density at radius 3 is 2.55 bits per heavy atom. The third-order valence-corrected chi connectivity index (χ3v) is 4.18. The van der Waals surface area contributed by atoms with Crippen molar-refractivity contribution in [3.8, 4) is 0 Å². The van der Waals surface area contributed by atoms with E-state index in [4.69, 9.17) is 0 Å². The van der Waals surface area contributed by atoms with Gasteiger partial charge in [-0.3, -0.25) is 0 Å². The van der Waals surface area contributed by atoms with Gasteiger partial charge in [-0.25, -0.2) is 0 Å². The molecule has 1 aromatic carbocycles. The van der Waals surface area contributed by atoms with Gasteiger partial charge in [-0.1, -0.05) is 30.3 Å². The van der Waals surface area contributed by atoms with Gasteiger partial charge in [0, 0.05) is 6.04 Å². The number of nitrogens with zero attached hydrogens (tertiary/aromatic N) is 1. The molecule has 1 heterocycles. The van der Waals surface area contributed by atoms with Crippen molar-refractivity contribution in [3.63, 3.8) is 0 Å². The van der Waals surface area contributed by atoms with Gasteiger partial charge in [0.15, 0.2) is 0 Å². The molecule has 1 saturated heterocycles. The number of unbranched alkanes of at least 4 members (excludes halogenated alkanes) is 1. The average Bonchev–Trinajstić information content (AvgIpc) is 3.00. The topological polar surface area (TPSA) is 35.5 Å². The van der Waals surface area contributed by atoms with Gasteiger partial charge in [-0.15, -0.1) is 0 Å². The molecule has 3 nitrogen and oxygen atoms in total. The minimum Gasteiger partial charge on any atom is -0.387 e. The number of likely N-dealkylation sites (tertiary alicyclic amines) is 1. The molecular formula is C17H28N2O. The molecule has 2 rings (SSSR count). The molecule has 0 bridgehead atoms. The lowest BCUT2D eigenvalue weighted by Crippen LogP contribution is -2.33.